The predicted molar refractivity (Wildman–Crippen MR) is 305 cm³/mol. The van der Waals surface area contributed by atoms with Crippen molar-refractivity contribution in [1.82, 2.24) is 0 Å². The third kappa shape index (κ3) is 61.5. The third-order valence-corrected chi connectivity index (χ3v) is 15.6. The topological polar surface area (TPSA) is 46.5 Å². The predicted octanol–water partition coefficient (Wildman–Crippen LogP) is 23.3. The molecule has 0 spiro atoms. The molecule has 0 bridgehead atoms. The maximum atomic E-state index is 12.1. The van der Waals surface area contributed by atoms with Gasteiger partial charge in [-0.15, -0.1) is 0 Å². The highest BCUT2D eigenvalue weighted by Crippen LogP contribution is 2.20. The molecule has 3 heteroatoms. The van der Waals surface area contributed by atoms with E-state index < -0.39 is 0 Å². The Morgan fingerprint density at radius 2 is 0.441 bits per heavy atom. The van der Waals surface area contributed by atoms with Crippen LogP contribution in [-0.2, 0) is 9.53 Å². The van der Waals surface area contributed by atoms with Crippen molar-refractivity contribution in [2.24, 2.45) is 0 Å². The first-order chi connectivity index (χ1) is 33.7. The van der Waals surface area contributed by atoms with Crippen LogP contribution in [0.5, 0.6) is 0 Å². The normalized spacial score (nSPS) is 12.1. The third-order valence-electron chi connectivity index (χ3n) is 15.6. The van der Waals surface area contributed by atoms with Crippen LogP contribution < -0.4 is 0 Å². The molecule has 0 saturated carbocycles. The van der Waals surface area contributed by atoms with Crippen molar-refractivity contribution in [1.29, 1.82) is 0 Å². The lowest BCUT2D eigenvalue weighted by Gasteiger charge is -2.10. The van der Waals surface area contributed by atoms with Gasteiger partial charge in [0.25, 0.3) is 0 Å². The van der Waals surface area contributed by atoms with Crippen molar-refractivity contribution >= 4 is 5.97 Å². The Bertz CT molecular complexity index is 887. The highest BCUT2D eigenvalue weighted by atomic mass is 16.5. The molecule has 0 aliphatic rings. The molecule has 1 N–H and O–H groups in total. The van der Waals surface area contributed by atoms with Gasteiger partial charge in [-0.3, -0.25) is 4.79 Å². The van der Waals surface area contributed by atoms with Crippen LogP contribution in [0.2, 0.25) is 0 Å². The number of carbonyl (C=O) groups excluding carboxylic acids is 1. The van der Waals surface area contributed by atoms with Gasteiger partial charge in [0, 0.05) is 6.42 Å². The fourth-order valence-corrected chi connectivity index (χ4v) is 10.7. The molecule has 1 atom stereocenters. The molecule has 0 aliphatic carbocycles. The molecule has 0 aromatic rings. The second kappa shape index (κ2) is 62.5. The molecule has 68 heavy (non-hydrogen) atoms. The van der Waals surface area contributed by atoms with E-state index in [1.165, 1.54) is 347 Å². The molecule has 0 saturated heterocycles. The number of rotatable bonds is 62. The van der Waals surface area contributed by atoms with E-state index in [4.69, 9.17) is 4.74 Å². The molecule has 0 amide bonds. The van der Waals surface area contributed by atoms with Crippen molar-refractivity contribution in [3.8, 4) is 0 Å². The summed E-state index contributed by atoms with van der Waals surface area (Å²) in [5.41, 5.74) is 0. The zero-order chi connectivity index (χ0) is 49.0. The number of hydrogen-bond acceptors (Lipinski definition) is 3. The Labute approximate surface area is 430 Å². The van der Waals surface area contributed by atoms with Crippen LogP contribution in [0.4, 0.5) is 0 Å². The molecule has 0 radical (unpaired) electrons. The number of esters is 1. The first-order valence-electron chi connectivity index (χ1n) is 32.5. The minimum atomic E-state index is -0.0802. The fourth-order valence-electron chi connectivity index (χ4n) is 10.7. The van der Waals surface area contributed by atoms with Gasteiger partial charge in [0.2, 0.25) is 0 Å². The van der Waals surface area contributed by atoms with E-state index in [9.17, 15) is 9.90 Å². The van der Waals surface area contributed by atoms with Crippen LogP contribution in [0.25, 0.3) is 0 Å². The van der Waals surface area contributed by atoms with Crippen molar-refractivity contribution in [2.45, 2.75) is 405 Å². The van der Waals surface area contributed by atoms with Crippen molar-refractivity contribution in [2.75, 3.05) is 6.61 Å². The first-order valence-corrected chi connectivity index (χ1v) is 32.5. The molecular weight excluding hydrogens is 829 g/mol. The number of ether oxygens (including phenoxy) is 1. The van der Waals surface area contributed by atoms with E-state index in [1.54, 1.807) is 0 Å². The van der Waals surface area contributed by atoms with Crippen molar-refractivity contribution in [3.05, 3.63) is 0 Å². The van der Waals surface area contributed by atoms with Crippen LogP contribution >= 0.6 is 0 Å². The minimum Gasteiger partial charge on any atom is -0.466 e. The minimum absolute atomic E-state index is 0.00970. The number of carbonyl (C=O) groups is 1. The molecule has 0 heterocycles. The fraction of sp³-hybridized carbons (Fsp3) is 0.985. The Morgan fingerprint density at radius 3 is 0.676 bits per heavy atom. The van der Waals surface area contributed by atoms with E-state index in [0.717, 1.165) is 32.1 Å². The van der Waals surface area contributed by atoms with Gasteiger partial charge < -0.3 is 9.84 Å². The monoisotopic (exact) mass is 959 g/mol. The summed E-state index contributed by atoms with van der Waals surface area (Å²) >= 11 is 0. The molecule has 1 unspecified atom stereocenters. The molecule has 408 valence electrons. The lowest BCUT2D eigenvalue weighted by atomic mass is 10.0. The van der Waals surface area contributed by atoms with Crippen LogP contribution in [-0.4, -0.2) is 23.8 Å². The Kier molecular flexibility index (Phi) is 62.0. The van der Waals surface area contributed by atoms with Gasteiger partial charge in [0.05, 0.1) is 12.7 Å². The largest absolute Gasteiger partial charge is 0.466 e. The molecule has 0 aromatic carbocycles. The lowest BCUT2D eigenvalue weighted by Crippen LogP contribution is -2.06. The summed E-state index contributed by atoms with van der Waals surface area (Å²) in [4.78, 5) is 12.1. The van der Waals surface area contributed by atoms with Crippen molar-refractivity contribution in [3.63, 3.8) is 0 Å². The zero-order valence-electron chi connectivity index (χ0n) is 47.5. The second-order valence-corrected chi connectivity index (χ2v) is 22.6. The Balaban J connectivity index is 3.14. The molecule has 0 rings (SSSR count). The number of aliphatic hydroxyl groups excluding tert-OH is 1. The Hall–Kier alpha value is -0.570. The van der Waals surface area contributed by atoms with Crippen molar-refractivity contribution < 1.29 is 14.6 Å². The quantitative estimate of drug-likeness (QED) is 0.0488. The molecule has 0 aliphatic heterocycles. The maximum Gasteiger partial charge on any atom is 0.305 e. The van der Waals surface area contributed by atoms with E-state index in [-0.39, 0.29) is 12.1 Å². The SMILES string of the molecule is CCCCCCCCCCCCCCCCCCCCCCCCCCCCCCCCCCCCCCCCCCCCCCCOC(=O)CCCCCCCCCCC(O)CCCCCC. The summed E-state index contributed by atoms with van der Waals surface area (Å²) in [6.07, 6.45) is 82.2. The highest BCUT2D eigenvalue weighted by molar-refractivity contribution is 5.69. The average molecular weight is 960 g/mol. The average Bonchev–Trinajstić information content (AvgIpc) is 3.34. The van der Waals surface area contributed by atoms with Gasteiger partial charge >= 0.3 is 5.97 Å². The van der Waals surface area contributed by atoms with Crippen LogP contribution in [0.15, 0.2) is 0 Å². The smallest absolute Gasteiger partial charge is 0.305 e. The maximum absolute atomic E-state index is 12.1. The number of aliphatic hydroxyl groups is 1. The molecule has 0 aromatic heterocycles. The number of hydrogen-bond donors (Lipinski definition) is 1. The summed E-state index contributed by atoms with van der Waals surface area (Å²) in [7, 11) is 0. The summed E-state index contributed by atoms with van der Waals surface area (Å²) in [6.45, 7) is 5.16. The second-order valence-electron chi connectivity index (χ2n) is 22.6. The molecule has 0 fully saturated rings. The van der Waals surface area contributed by atoms with Gasteiger partial charge in [-0.2, -0.15) is 0 Å². The van der Waals surface area contributed by atoms with E-state index in [0.29, 0.717) is 13.0 Å². The highest BCUT2D eigenvalue weighted by Gasteiger charge is 2.05. The summed E-state index contributed by atoms with van der Waals surface area (Å²) in [6, 6.07) is 0. The van der Waals surface area contributed by atoms with E-state index in [2.05, 4.69) is 13.8 Å². The van der Waals surface area contributed by atoms with Gasteiger partial charge in [0.15, 0.2) is 0 Å². The van der Waals surface area contributed by atoms with Crippen LogP contribution in [0, 0.1) is 0 Å². The van der Waals surface area contributed by atoms with Crippen LogP contribution in [0.1, 0.15) is 399 Å². The zero-order valence-corrected chi connectivity index (χ0v) is 47.5. The standard InChI is InChI=1S/C65H130O3/c1-3-5-7-9-10-11-12-13-14-15-16-17-18-19-20-21-22-23-24-25-26-27-28-29-30-31-32-33-34-35-36-37-38-39-40-41-42-43-44-45-46-49-52-55-59-63-68-65(67)62-58-54-51-48-47-50-53-57-61-64(66)60-56-8-6-4-2/h64,66H,3-63H2,1-2H3. The summed E-state index contributed by atoms with van der Waals surface area (Å²) < 4.78 is 5.49. The van der Waals surface area contributed by atoms with Gasteiger partial charge in [-0.25, -0.2) is 0 Å². The van der Waals surface area contributed by atoms with E-state index in [1.807, 2.05) is 0 Å². The molecule has 3 nitrogen and oxygen atoms in total. The molecular formula is C65H130O3. The van der Waals surface area contributed by atoms with Gasteiger partial charge in [-0.1, -0.05) is 367 Å². The van der Waals surface area contributed by atoms with Gasteiger partial charge in [0.1, 0.15) is 0 Å². The summed E-state index contributed by atoms with van der Waals surface area (Å²) in [5.74, 6) is 0.00970. The van der Waals surface area contributed by atoms with E-state index >= 15 is 0 Å². The lowest BCUT2D eigenvalue weighted by molar-refractivity contribution is -0.143. The Morgan fingerprint density at radius 1 is 0.265 bits per heavy atom. The first kappa shape index (κ1) is 67.4. The van der Waals surface area contributed by atoms with Crippen LogP contribution in [0.3, 0.4) is 0 Å². The van der Waals surface area contributed by atoms with Gasteiger partial charge in [-0.05, 0) is 25.7 Å². The number of unbranched alkanes of at least 4 members (excludes halogenated alkanes) is 54. The summed E-state index contributed by atoms with van der Waals surface area (Å²) in [5, 5.41) is 10.1.